The number of carbonyl (C=O) groups excluding carboxylic acids is 1. The van der Waals surface area contributed by atoms with Crippen LogP contribution < -0.4 is 10.2 Å². The first-order valence-electron chi connectivity index (χ1n) is 7.91. The molecule has 0 aliphatic rings. The number of nitro groups is 1. The summed E-state index contributed by atoms with van der Waals surface area (Å²) in [5, 5.41) is 15.0. The normalized spacial score (nSPS) is 10.7. The average molecular weight is 376 g/mol. The number of benzene rings is 2. The minimum absolute atomic E-state index is 0.00195. The molecule has 0 fully saturated rings. The van der Waals surface area contributed by atoms with Crippen LogP contribution in [0.5, 0.6) is 5.75 Å². The summed E-state index contributed by atoms with van der Waals surface area (Å²) in [5.74, 6) is 0.505. The molecule has 0 radical (unpaired) electrons. The van der Waals surface area contributed by atoms with E-state index in [1.807, 2.05) is 13.0 Å². The number of aryl methyl sites for hydroxylation is 1. The van der Waals surface area contributed by atoms with Crippen molar-refractivity contribution >= 4 is 29.4 Å². The fourth-order valence-electron chi connectivity index (χ4n) is 2.11. The van der Waals surface area contributed by atoms with Crippen molar-refractivity contribution < 1.29 is 14.5 Å². The zero-order valence-electron chi connectivity index (χ0n) is 14.1. The van der Waals surface area contributed by atoms with E-state index >= 15 is 0 Å². The van der Waals surface area contributed by atoms with Gasteiger partial charge >= 0.3 is 0 Å². The molecule has 0 saturated heterocycles. The van der Waals surface area contributed by atoms with Crippen molar-refractivity contribution in [2.45, 2.75) is 19.8 Å². The van der Waals surface area contributed by atoms with Gasteiger partial charge in [0, 0.05) is 23.6 Å². The predicted molar refractivity (Wildman–Crippen MR) is 99.8 cm³/mol. The van der Waals surface area contributed by atoms with Crippen molar-refractivity contribution in [2.24, 2.45) is 5.10 Å². The highest BCUT2D eigenvalue weighted by atomic mass is 35.5. The number of carbonyl (C=O) groups is 1. The van der Waals surface area contributed by atoms with Gasteiger partial charge in [0.1, 0.15) is 5.75 Å². The maximum Gasteiger partial charge on any atom is 0.269 e. The summed E-state index contributed by atoms with van der Waals surface area (Å²) in [6.07, 6.45) is 2.24. The maximum atomic E-state index is 11.7. The van der Waals surface area contributed by atoms with Gasteiger partial charge in [0.15, 0.2) is 0 Å². The first-order chi connectivity index (χ1) is 12.5. The molecule has 2 rings (SSSR count). The second-order valence-electron chi connectivity index (χ2n) is 5.50. The number of amides is 1. The SMILES string of the molecule is Cc1cc(Cl)ccc1OCCCC(=O)N/N=C/c1ccc([N+](=O)[O-])cc1. The number of nitrogens with one attached hydrogen (secondary N) is 1. The molecule has 0 atom stereocenters. The Bertz CT molecular complexity index is 807. The van der Waals surface area contributed by atoms with E-state index in [9.17, 15) is 14.9 Å². The third-order valence-corrected chi connectivity index (χ3v) is 3.68. The van der Waals surface area contributed by atoms with Gasteiger partial charge in [-0.25, -0.2) is 5.43 Å². The van der Waals surface area contributed by atoms with Crippen molar-refractivity contribution in [1.29, 1.82) is 0 Å². The smallest absolute Gasteiger partial charge is 0.269 e. The quantitative estimate of drug-likeness (QED) is 0.328. The third-order valence-electron chi connectivity index (χ3n) is 3.45. The van der Waals surface area contributed by atoms with Crippen LogP contribution in [0.25, 0.3) is 0 Å². The molecular formula is C18H18ClN3O4. The summed E-state index contributed by atoms with van der Waals surface area (Å²) in [6.45, 7) is 2.31. The summed E-state index contributed by atoms with van der Waals surface area (Å²) >= 11 is 5.88. The number of hydrogen-bond donors (Lipinski definition) is 1. The van der Waals surface area contributed by atoms with Crippen LogP contribution in [-0.2, 0) is 4.79 Å². The Balaban J connectivity index is 1.69. The molecule has 0 aliphatic heterocycles. The lowest BCUT2D eigenvalue weighted by molar-refractivity contribution is -0.384. The molecule has 8 heteroatoms. The minimum atomic E-state index is -0.476. The van der Waals surface area contributed by atoms with E-state index in [4.69, 9.17) is 16.3 Å². The Labute approximate surface area is 155 Å². The molecular weight excluding hydrogens is 358 g/mol. The van der Waals surface area contributed by atoms with Gasteiger partial charge in [0.2, 0.25) is 5.91 Å². The highest BCUT2D eigenvalue weighted by molar-refractivity contribution is 6.30. The highest BCUT2D eigenvalue weighted by Crippen LogP contribution is 2.21. The Kier molecular flexibility index (Phi) is 7.11. The summed E-state index contributed by atoms with van der Waals surface area (Å²) in [7, 11) is 0. The second-order valence-corrected chi connectivity index (χ2v) is 5.94. The third kappa shape index (κ3) is 6.18. The number of hydrogen-bond acceptors (Lipinski definition) is 5. The summed E-state index contributed by atoms with van der Waals surface area (Å²) < 4.78 is 5.61. The van der Waals surface area contributed by atoms with Gasteiger partial charge in [-0.05, 0) is 54.8 Å². The van der Waals surface area contributed by atoms with Crippen molar-refractivity contribution in [2.75, 3.05) is 6.61 Å². The van der Waals surface area contributed by atoms with Gasteiger partial charge in [-0.15, -0.1) is 0 Å². The van der Waals surface area contributed by atoms with Crippen molar-refractivity contribution in [1.82, 2.24) is 5.43 Å². The van der Waals surface area contributed by atoms with Gasteiger partial charge in [-0.2, -0.15) is 5.10 Å². The summed E-state index contributed by atoms with van der Waals surface area (Å²) in [6, 6.07) is 11.2. The lowest BCUT2D eigenvalue weighted by Crippen LogP contribution is -2.18. The largest absolute Gasteiger partial charge is 0.493 e. The maximum absolute atomic E-state index is 11.7. The predicted octanol–water partition coefficient (Wildman–Crippen LogP) is 3.87. The molecule has 0 unspecified atom stereocenters. The van der Waals surface area contributed by atoms with Crippen LogP contribution >= 0.6 is 11.6 Å². The monoisotopic (exact) mass is 375 g/mol. The van der Waals surface area contributed by atoms with E-state index in [1.54, 1.807) is 24.3 Å². The number of hydrazone groups is 1. The Morgan fingerprint density at radius 2 is 2.04 bits per heavy atom. The molecule has 136 valence electrons. The molecule has 0 heterocycles. The van der Waals surface area contributed by atoms with E-state index in [2.05, 4.69) is 10.5 Å². The van der Waals surface area contributed by atoms with Gasteiger partial charge in [0.25, 0.3) is 5.69 Å². The van der Waals surface area contributed by atoms with Gasteiger partial charge in [-0.1, -0.05) is 11.6 Å². The van der Waals surface area contributed by atoms with Crippen molar-refractivity contribution in [3.63, 3.8) is 0 Å². The number of ether oxygens (including phenoxy) is 1. The summed E-state index contributed by atoms with van der Waals surface area (Å²) in [5.41, 5.74) is 4.00. The number of non-ortho nitro benzene ring substituents is 1. The second kappa shape index (κ2) is 9.53. The number of halogens is 1. The Hall–Kier alpha value is -2.93. The molecule has 0 bridgehead atoms. The van der Waals surface area contributed by atoms with E-state index in [0.717, 1.165) is 11.3 Å². The van der Waals surface area contributed by atoms with E-state index in [0.29, 0.717) is 23.6 Å². The lowest BCUT2D eigenvalue weighted by Gasteiger charge is -2.08. The average Bonchev–Trinajstić information content (AvgIpc) is 2.60. The van der Waals surface area contributed by atoms with Gasteiger partial charge in [0.05, 0.1) is 17.7 Å². The minimum Gasteiger partial charge on any atom is -0.493 e. The number of nitro benzene ring substituents is 1. The Morgan fingerprint density at radius 1 is 1.31 bits per heavy atom. The van der Waals surface area contributed by atoms with E-state index < -0.39 is 4.92 Å². The molecule has 7 nitrogen and oxygen atoms in total. The zero-order valence-corrected chi connectivity index (χ0v) is 14.9. The number of rotatable bonds is 8. The molecule has 26 heavy (non-hydrogen) atoms. The molecule has 2 aromatic rings. The standard InChI is InChI=1S/C18H18ClN3O4/c1-13-11-15(19)6-9-17(13)26-10-2-3-18(23)21-20-12-14-4-7-16(8-5-14)22(24)25/h4-9,11-12H,2-3,10H2,1H3,(H,21,23)/b20-12+. The van der Waals surface area contributed by atoms with Crippen LogP contribution in [-0.4, -0.2) is 23.7 Å². The van der Waals surface area contributed by atoms with Crippen LogP contribution in [0.2, 0.25) is 5.02 Å². The molecule has 1 N–H and O–H groups in total. The van der Waals surface area contributed by atoms with Crippen LogP contribution in [0.15, 0.2) is 47.6 Å². The van der Waals surface area contributed by atoms with Gasteiger partial charge in [-0.3, -0.25) is 14.9 Å². The summed E-state index contributed by atoms with van der Waals surface area (Å²) in [4.78, 5) is 21.8. The molecule has 0 aliphatic carbocycles. The molecule has 0 saturated carbocycles. The highest BCUT2D eigenvalue weighted by Gasteiger charge is 2.04. The van der Waals surface area contributed by atoms with E-state index in [1.165, 1.54) is 18.3 Å². The number of nitrogens with zero attached hydrogens (tertiary/aromatic N) is 2. The van der Waals surface area contributed by atoms with Crippen LogP contribution in [0.4, 0.5) is 5.69 Å². The fraction of sp³-hybridized carbons (Fsp3) is 0.222. The van der Waals surface area contributed by atoms with E-state index in [-0.39, 0.29) is 18.0 Å². The Morgan fingerprint density at radius 3 is 2.69 bits per heavy atom. The topological polar surface area (TPSA) is 93.8 Å². The molecule has 1 amide bonds. The van der Waals surface area contributed by atoms with Gasteiger partial charge < -0.3 is 4.74 Å². The van der Waals surface area contributed by atoms with Crippen LogP contribution in [0, 0.1) is 17.0 Å². The zero-order chi connectivity index (χ0) is 18.9. The van der Waals surface area contributed by atoms with Crippen LogP contribution in [0.3, 0.4) is 0 Å². The van der Waals surface area contributed by atoms with Crippen molar-refractivity contribution in [3.8, 4) is 5.75 Å². The molecule has 0 aromatic heterocycles. The lowest BCUT2D eigenvalue weighted by atomic mass is 10.2. The van der Waals surface area contributed by atoms with Crippen LogP contribution in [0.1, 0.15) is 24.0 Å². The van der Waals surface area contributed by atoms with Crippen molar-refractivity contribution in [3.05, 3.63) is 68.7 Å². The first kappa shape index (κ1) is 19.4. The molecule has 0 spiro atoms. The fourth-order valence-corrected chi connectivity index (χ4v) is 2.33. The molecule has 2 aromatic carbocycles. The first-order valence-corrected chi connectivity index (χ1v) is 8.29.